The highest BCUT2D eigenvalue weighted by molar-refractivity contribution is 7.88. The Labute approximate surface area is 254 Å². The van der Waals surface area contributed by atoms with Gasteiger partial charge in [-0.15, -0.1) is 0 Å². The predicted octanol–water partition coefficient (Wildman–Crippen LogP) is 7.34. The van der Waals surface area contributed by atoms with E-state index in [0.29, 0.717) is 11.1 Å². The van der Waals surface area contributed by atoms with E-state index in [0.717, 1.165) is 74.7 Å². The number of nitrogens with one attached hydrogen (secondary N) is 3. The lowest BCUT2D eigenvalue weighted by molar-refractivity contribution is 0.154. The molecule has 8 nitrogen and oxygen atoms in total. The molecular weight excluding hydrogens is 577 g/mol. The maximum Gasteiger partial charge on any atom is 0.209 e. The van der Waals surface area contributed by atoms with Gasteiger partial charge in [0.2, 0.25) is 10.0 Å². The van der Waals surface area contributed by atoms with Crippen molar-refractivity contribution < 1.29 is 17.5 Å². The van der Waals surface area contributed by atoms with Crippen LogP contribution >= 0.6 is 0 Å². The Kier molecular flexibility index (Phi) is 7.39. The Morgan fingerprint density at radius 3 is 2.61 bits per heavy atom. The molecule has 0 saturated heterocycles. The van der Waals surface area contributed by atoms with Gasteiger partial charge in [0.1, 0.15) is 17.3 Å². The molecule has 0 unspecified atom stereocenters. The first-order valence-corrected chi connectivity index (χ1v) is 16.6. The number of hydrogen-bond acceptors (Lipinski definition) is 5. The second kappa shape index (κ2) is 11.5. The first kappa shape index (κ1) is 28.2. The van der Waals surface area contributed by atoms with Crippen molar-refractivity contribution in [1.82, 2.24) is 24.9 Å². The molecule has 44 heavy (non-hydrogen) atoms. The molecule has 1 aliphatic rings. The number of rotatable bonds is 8. The minimum Gasteiger partial charge on any atom is -0.489 e. The van der Waals surface area contributed by atoms with Gasteiger partial charge in [-0.25, -0.2) is 17.5 Å². The molecule has 1 aliphatic carbocycles. The lowest BCUT2D eigenvalue weighted by Gasteiger charge is -2.23. The third-order valence-corrected chi connectivity index (χ3v) is 8.86. The van der Waals surface area contributed by atoms with Gasteiger partial charge in [0.15, 0.2) is 0 Å². The van der Waals surface area contributed by atoms with E-state index >= 15 is 0 Å². The number of hydrogen-bond donors (Lipinski definition) is 3. The van der Waals surface area contributed by atoms with Crippen molar-refractivity contribution in [2.45, 2.75) is 44.8 Å². The number of fused-ring (bicyclic) bond motifs is 2. The normalized spacial score (nSPS) is 14.4. The van der Waals surface area contributed by atoms with Gasteiger partial charge in [-0.05, 0) is 96.5 Å². The second-order valence-electron chi connectivity index (χ2n) is 11.5. The monoisotopic (exact) mass is 609 g/mol. The Hall–Kier alpha value is -4.54. The highest BCUT2D eigenvalue weighted by Crippen LogP contribution is 2.36. The molecule has 0 amide bonds. The molecule has 3 N–H and O–H groups in total. The molecule has 10 heteroatoms. The van der Waals surface area contributed by atoms with Crippen molar-refractivity contribution in [2.75, 3.05) is 6.26 Å². The van der Waals surface area contributed by atoms with Gasteiger partial charge in [0.05, 0.1) is 29.8 Å². The van der Waals surface area contributed by atoms with Crippen molar-refractivity contribution in [3.63, 3.8) is 0 Å². The molecular formula is C34H32FN5O3S. The molecule has 0 bridgehead atoms. The van der Waals surface area contributed by atoms with Crippen molar-refractivity contribution >= 4 is 31.8 Å². The Morgan fingerprint density at radius 1 is 0.909 bits per heavy atom. The highest BCUT2D eigenvalue weighted by atomic mass is 32.2. The number of pyridine rings is 1. The third-order valence-electron chi connectivity index (χ3n) is 8.19. The summed E-state index contributed by atoms with van der Waals surface area (Å²) in [5, 5.41) is 9.65. The number of halogens is 1. The fraction of sp³-hybridized carbons (Fsp3) is 0.235. The molecule has 1 saturated carbocycles. The quantitative estimate of drug-likeness (QED) is 0.167. The summed E-state index contributed by atoms with van der Waals surface area (Å²) in [4.78, 5) is 7.95. The zero-order chi connectivity index (χ0) is 30.3. The number of ether oxygens (including phenoxy) is 1. The smallest absolute Gasteiger partial charge is 0.209 e. The fourth-order valence-electron chi connectivity index (χ4n) is 6.07. The van der Waals surface area contributed by atoms with Crippen molar-refractivity contribution in [2.24, 2.45) is 0 Å². The van der Waals surface area contributed by atoms with Crippen molar-refractivity contribution in [3.8, 4) is 39.4 Å². The van der Waals surface area contributed by atoms with Crippen molar-refractivity contribution in [3.05, 3.63) is 90.5 Å². The minimum absolute atomic E-state index is 0.00465. The van der Waals surface area contributed by atoms with Crippen LogP contribution in [0.15, 0.2) is 79.1 Å². The zero-order valence-corrected chi connectivity index (χ0v) is 25.0. The van der Waals surface area contributed by atoms with Crippen LogP contribution in [0.25, 0.3) is 55.4 Å². The first-order valence-electron chi connectivity index (χ1n) is 14.8. The van der Waals surface area contributed by atoms with Crippen molar-refractivity contribution in [1.29, 1.82) is 0 Å². The number of aromatic amines is 2. The van der Waals surface area contributed by atoms with E-state index in [1.54, 1.807) is 12.3 Å². The molecule has 7 rings (SSSR count). The summed E-state index contributed by atoms with van der Waals surface area (Å²) in [6.07, 6.45) is 10.8. The van der Waals surface area contributed by atoms with Crippen LogP contribution in [0.4, 0.5) is 4.39 Å². The van der Waals surface area contributed by atoms with Crippen LogP contribution in [-0.2, 0) is 16.6 Å². The van der Waals surface area contributed by atoms with Crippen LogP contribution in [-0.4, -0.2) is 40.9 Å². The Morgan fingerprint density at radius 2 is 1.77 bits per heavy atom. The van der Waals surface area contributed by atoms with Crippen LogP contribution in [0.3, 0.4) is 0 Å². The fourth-order valence-corrected chi connectivity index (χ4v) is 6.50. The maximum absolute atomic E-state index is 14.6. The molecule has 0 aliphatic heterocycles. The highest BCUT2D eigenvalue weighted by Gasteiger charge is 2.17. The summed E-state index contributed by atoms with van der Waals surface area (Å²) in [6, 6.07) is 20.7. The molecule has 224 valence electrons. The summed E-state index contributed by atoms with van der Waals surface area (Å²) < 4.78 is 46.5. The van der Waals surface area contributed by atoms with Gasteiger partial charge in [0, 0.05) is 34.6 Å². The number of H-pyrrole nitrogens is 2. The van der Waals surface area contributed by atoms with E-state index in [-0.39, 0.29) is 12.6 Å². The molecule has 0 radical (unpaired) electrons. The van der Waals surface area contributed by atoms with Gasteiger partial charge >= 0.3 is 0 Å². The minimum atomic E-state index is -3.41. The standard InChI is InChI=1S/C34H32FN5O3S/c1-44(41,42)37-18-21-12-23(14-25(35)13-21)28-8-5-9-31-29(28)17-33(38-31)34-30-16-22(10-11-32(30)39-40-34)24-15-27(20-36-19-24)43-26-6-3-2-4-7-26/h5,8-17,19-20,26,37-38H,2-4,6-7,18H2,1H3,(H,39,40). The number of benzene rings is 3. The summed E-state index contributed by atoms with van der Waals surface area (Å²) in [5.74, 6) is 0.353. The molecule has 3 aromatic heterocycles. The molecule has 0 atom stereocenters. The van der Waals surface area contributed by atoms with Gasteiger partial charge in [-0.1, -0.05) is 24.6 Å². The lowest BCUT2D eigenvalue weighted by atomic mass is 9.98. The summed E-state index contributed by atoms with van der Waals surface area (Å²) >= 11 is 0. The van der Waals surface area contributed by atoms with Crippen LogP contribution in [0.5, 0.6) is 5.75 Å². The third kappa shape index (κ3) is 5.95. The summed E-state index contributed by atoms with van der Waals surface area (Å²) in [7, 11) is -3.41. The van der Waals surface area contributed by atoms with E-state index in [1.807, 2.05) is 36.5 Å². The van der Waals surface area contributed by atoms with E-state index in [4.69, 9.17) is 4.74 Å². The number of nitrogens with zero attached hydrogens (tertiary/aromatic N) is 2. The Balaban J connectivity index is 1.23. The van der Waals surface area contributed by atoms with E-state index in [2.05, 4.69) is 43.1 Å². The van der Waals surface area contributed by atoms with E-state index in [1.165, 1.54) is 31.4 Å². The van der Waals surface area contributed by atoms with Crippen LogP contribution in [0.2, 0.25) is 0 Å². The predicted molar refractivity (Wildman–Crippen MR) is 171 cm³/mol. The van der Waals surface area contributed by atoms with Gasteiger partial charge in [0.25, 0.3) is 0 Å². The van der Waals surface area contributed by atoms with Crippen LogP contribution < -0.4 is 9.46 Å². The summed E-state index contributed by atoms with van der Waals surface area (Å²) in [6.45, 7) is 0.00465. The zero-order valence-electron chi connectivity index (χ0n) is 24.2. The average molecular weight is 610 g/mol. The van der Waals surface area contributed by atoms with Gasteiger partial charge in [-0.2, -0.15) is 5.10 Å². The first-order chi connectivity index (χ1) is 21.3. The lowest BCUT2D eigenvalue weighted by Crippen LogP contribution is -2.21. The topological polar surface area (TPSA) is 113 Å². The van der Waals surface area contributed by atoms with E-state index < -0.39 is 15.8 Å². The molecule has 3 heterocycles. The number of sulfonamides is 1. The second-order valence-corrected chi connectivity index (χ2v) is 13.3. The molecule has 1 fully saturated rings. The van der Waals surface area contributed by atoms with Crippen LogP contribution in [0, 0.1) is 5.82 Å². The largest absolute Gasteiger partial charge is 0.489 e. The number of aromatic nitrogens is 4. The average Bonchev–Trinajstić information content (AvgIpc) is 3.64. The SMILES string of the molecule is CS(=O)(=O)NCc1cc(F)cc(-c2cccc3[nH]c(-c4n[nH]c5ccc(-c6cncc(OC7CCCCC7)c6)cc45)cc23)c1. The van der Waals surface area contributed by atoms with E-state index in [9.17, 15) is 12.8 Å². The van der Waals surface area contributed by atoms with Gasteiger partial charge in [-0.3, -0.25) is 10.1 Å². The Bertz CT molecular complexity index is 2100. The van der Waals surface area contributed by atoms with Gasteiger partial charge < -0.3 is 9.72 Å². The molecule has 0 spiro atoms. The van der Waals surface area contributed by atoms with Crippen LogP contribution in [0.1, 0.15) is 37.7 Å². The maximum atomic E-state index is 14.6. The molecule has 6 aromatic rings. The molecule has 3 aromatic carbocycles. The summed E-state index contributed by atoms with van der Waals surface area (Å²) in [5.41, 5.74) is 7.36.